The van der Waals surface area contributed by atoms with Crippen molar-refractivity contribution in [2.75, 3.05) is 0 Å². The van der Waals surface area contributed by atoms with E-state index in [0.717, 1.165) is 23.0 Å². The summed E-state index contributed by atoms with van der Waals surface area (Å²) in [5, 5.41) is 10.0. The van der Waals surface area contributed by atoms with Crippen molar-refractivity contribution in [3.8, 4) is 0 Å². The number of aromatic nitrogens is 1. The van der Waals surface area contributed by atoms with Gasteiger partial charge in [-0.25, -0.2) is 4.39 Å². The Bertz CT molecular complexity index is 628. The van der Waals surface area contributed by atoms with E-state index in [4.69, 9.17) is 0 Å². The largest absolute Gasteiger partial charge is 0.481 e. The SMILES string of the molecule is CCn1cc(CC(C)(C)C(=O)O)c2cc(F)ccc21. The van der Waals surface area contributed by atoms with E-state index in [9.17, 15) is 14.3 Å². The van der Waals surface area contributed by atoms with Crippen LogP contribution in [0, 0.1) is 11.2 Å². The van der Waals surface area contributed by atoms with Crippen molar-refractivity contribution in [3.05, 3.63) is 35.8 Å². The summed E-state index contributed by atoms with van der Waals surface area (Å²) in [6.45, 7) is 6.15. The first-order valence-corrected chi connectivity index (χ1v) is 6.36. The third kappa shape index (κ3) is 2.48. The molecule has 0 aliphatic heterocycles. The topological polar surface area (TPSA) is 42.2 Å². The third-order valence-electron chi connectivity index (χ3n) is 3.48. The van der Waals surface area contributed by atoms with Crippen LogP contribution in [0.3, 0.4) is 0 Å². The Balaban J connectivity index is 2.54. The molecule has 1 heterocycles. The number of fused-ring (bicyclic) bond motifs is 1. The maximum atomic E-state index is 13.4. The molecule has 0 spiro atoms. The number of nitrogens with zero attached hydrogens (tertiary/aromatic N) is 1. The fraction of sp³-hybridized carbons (Fsp3) is 0.400. The summed E-state index contributed by atoms with van der Waals surface area (Å²) in [5.41, 5.74) is 0.961. The van der Waals surface area contributed by atoms with Crippen molar-refractivity contribution in [3.63, 3.8) is 0 Å². The summed E-state index contributed by atoms with van der Waals surface area (Å²) in [6, 6.07) is 4.65. The second kappa shape index (κ2) is 4.68. The predicted molar refractivity (Wildman–Crippen MR) is 72.7 cm³/mol. The summed E-state index contributed by atoms with van der Waals surface area (Å²) in [7, 11) is 0. The smallest absolute Gasteiger partial charge is 0.309 e. The summed E-state index contributed by atoms with van der Waals surface area (Å²) in [6.07, 6.45) is 2.31. The molecule has 0 atom stereocenters. The van der Waals surface area contributed by atoms with Gasteiger partial charge in [0.2, 0.25) is 0 Å². The number of halogens is 1. The molecule has 1 aromatic carbocycles. The second-order valence-electron chi connectivity index (χ2n) is 5.47. The van der Waals surface area contributed by atoms with Crippen molar-refractivity contribution in [2.45, 2.75) is 33.7 Å². The van der Waals surface area contributed by atoms with Crippen LogP contribution in [-0.4, -0.2) is 15.6 Å². The number of benzene rings is 1. The maximum absolute atomic E-state index is 13.4. The predicted octanol–water partition coefficient (Wildman–Crippen LogP) is 3.45. The van der Waals surface area contributed by atoms with E-state index >= 15 is 0 Å². The number of aliphatic carboxylic acids is 1. The highest BCUT2D eigenvalue weighted by atomic mass is 19.1. The van der Waals surface area contributed by atoms with E-state index in [1.165, 1.54) is 12.1 Å². The van der Waals surface area contributed by atoms with Crippen LogP contribution in [0.1, 0.15) is 26.3 Å². The normalized spacial score (nSPS) is 12.0. The summed E-state index contributed by atoms with van der Waals surface area (Å²) >= 11 is 0. The fourth-order valence-corrected chi connectivity index (χ4v) is 2.30. The molecule has 0 fully saturated rings. The highest BCUT2D eigenvalue weighted by molar-refractivity contribution is 5.85. The van der Waals surface area contributed by atoms with Gasteiger partial charge in [0.15, 0.2) is 0 Å². The Morgan fingerprint density at radius 2 is 2.11 bits per heavy atom. The van der Waals surface area contributed by atoms with Gasteiger partial charge in [-0.2, -0.15) is 0 Å². The number of hydrogen-bond donors (Lipinski definition) is 1. The number of carbonyl (C=O) groups is 1. The van der Waals surface area contributed by atoms with Gasteiger partial charge in [0.05, 0.1) is 5.41 Å². The van der Waals surface area contributed by atoms with Crippen LogP contribution in [0.15, 0.2) is 24.4 Å². The van der Waals surface area contributed by atoms with Crippen LogP contribution in [0.5, 0.6) is 0 Å². The van der Waals surface area contributed by atoms with Gasteiger partial charge in [-0.15, -0.1) is 0 Å². The molecule has 0 bridgehead atoms. The van der Waals surface area contributed by atoms with Crippen molar-refractivity contribution < 1.29 is 14.3 Å². The Labute approximate surface area is 111 Å². The zero-order chi connectivity index (χ0) is 14.2. The van der Waals surface area contributed by atoms with Gasteiger partial charge >= 0.3 is 5.97 Å². The van der Waals surface area contributed by atoms with Gasteiger partial charge in [-0.05, 0) is 51.0 Å². The first-order valence-electron chi connectivity index (χ1n) is 6.36. The minimum absolute atomic E-state index is 0.296. The molecule has 19 heavy (non-hydrogen) atoms. The third-order valence-corrected chi connectivity index (χ3v) is 3.48. The fourth-order valence-electron chi connectivity index (χ4n) is 2.30. The monoisotopic (exact) mass is 263 g/mol. The lowest BCUT2D eigenvalue weighted by Gasteiger charge is -2.18. The molecule has 2 rings (SSSR count). The molecule has 2 aromatic rings. The van der Waals surface area contributed by atoms with Gasteiger partial charge in [-0.3, -0.25) is 4.79 Å². The first kappa shape index (κ1) is 13.6. The van der Waals surface area contributed by atoms with Crippen LogP contribution in [0.2, 0.25) is 0 Å². The van der Waals surface area contributed by atoms with E-state index in [1.807, 2.05) is 17.7 Å². The maximum Gasteiger partial charge on any atom is 0.309 e. The molecule has 0 radical (unpaired) electrons. The van der Waals surface area contributed by atoms with E-state index in [2.05, 4.69) is 0 Å². The van der Waals surface area contributed by atoms with E-state index in [0.29, 0.717) is 6.42 Å². The summed E-state index contributed by atoms with van der Waals surface area (Å²) in [4.78, 5) is 11.2. The molecule has 4 heteroatoms. The Kier molecular flexibility index (Phi) is 3.35. The van der Waals surface area contributed by atoms with Gasteiger partial charge in [-0.1, -0.05) is 0 Å². The van der Waals surface area contributed by atoms with Gasteiger partial charge < -0.3 is 9.67 Å². The molecule has 0 unspecified atom stereocenters. The molecule has 3 nitrogen and oxygen atoms in total. The molecule has 102 valence electrons. The van der Waals surface area contributed by atoms with Crippen LogP contribution in [0.25, 0.3) is 10.9 Å². The first-order chi connectivity index (χ1) is 8.85. The average Bonchev–Trinajstić information content (AvgIpc) is 2.66. The van der Waals surface area contributed by atoms with Crippen LogP contribution < -0.4 is 0 Å². The van der Waals surface area contributed by atoms with Crippen molar-refractivity contribution in [1.29, 1.82) is 0 Å². The van der Waals surface area contributed by atoms with E-state index in [-0.39, 0.29) is 5.82 Å². The lowest BCUT2D eigenvalue weighted by atomic mass is 9.86. The van der Waals surface area contributed by atoms with Gasteiger partial charge in [0.1, 0.15) is 5.82 Å². The average molecular weight is 263 g/mol. The Morgan fingerprint density at radius 3 is 2.68 bits per heavy atom. The Hall–Kier alpha value is -1.84. The molecule has 0 aliphatic carbocycles. The minimum atomic E-state index is -0.862. The Morgan fingerprint density at radius 1 is 1.42 bits per heavy atom. The molecule has 1 N–H and O–H groups in total. The summed E-state index contributed by atoms with van der Waals surface area (Å²) < 4.78 is 15.4. The lowest BCUT2D eigenvalue weighted by Crippen LogP contribution is -2.26. The molecule has 0 amide bonds. The van der Waals surface area contributed by atoms with Crippen molar-refractivity contribution >= 4 is 16.9 Å². The number of aryl methyl sites for hydroxylation is 1. The second-order valence-corrected chi connectivity index (χ2v) is 5.47. The van der Waals surface area contributed by atoms with Crippen LogP contribution in [0.4, 0.5) is 4.39 Å². The van der Waals surface area contributed by atoms with Gasteiger partial charge in [0, 0.05) is 23.6 Å². The van der Waals surface area contributed by atoms with Gasteiger partial charge in [0.25, 0.3) is 0 Å². The molecular weight excluding hydrogens is 245 g/mol. The molecule has 1 aromatic heterocycles. The number of carboxylic acids is 1. The summed E-state index contributed by atoms with van der Waals surface area (Å²) in [5.74, 6) is -1.14. The minimum Gasteiger partial charge on any atom is -0.481 e. The quantitative estimate of drug-likeness (QED) is 0.918. The lowest BCUT2D eigenvalue weighted by molar-refractivity contribution is -0.146. The molecular formula is C15H18FNO2. The molecule has 0 saturated carbocycles. The van der Waals surface area contributed by atoms with Crippen molar-refractivity contribution in [2.24, 2.45) is 5.41 Å². The van der Waals surface area contributed by atoms with E-state index in [1.54, 1.807) is 19.9 Å². The van der Waals surface area contributed by atoms with Crippen LogP contribution >= 0.6 is 0 Å². The number of rotatable bonds is 4. The zero-order valence-corrected chi connectivity index (χ0v) is 11.4. The van der Waals surface area contributed by atoms with E-state index < -0.39 is 11.4 Å². The molecule has 0 saturated heterocycles. The van der Waals surface area contributed by atoms with Crippen LogP contribution in [-0.2, 0) is 17.8 Å². The number of hydrogen-bond acceptors (Lipinski definition) is 1. The molecule has 0 aliphatic rings. The highest BCUT2D eigenvalue weighted by Crippen LogP contribution is 2.29. The van der Waals surface area contributed by atoms with Crippen molar-refractivity contribution in [1.82, 2.24) is 4.57 Å². The number of carboxylic acid groups (broad SMARTS) is 1. The standard InChI is InChI=1S/C15H18FNO2/c1-4-17-9-10(8-15(2,3)14(18)19)12-7-11(16)5-6-13(12)17/h5-7,9H,4,8H2,1-3H3,(H,18,19). The zero-order valence-electron chi connectivity index (χ0n) is 11.4. The highest BCUT2D eigenvalue weighted by Gasteiger charge is 2.28.